The summed E-state index contributed by atoms with van der Waals surface area (Å²) in [5, 5.41) is 9.55. The van der Waals surface area contributed by atoms with E-state index in [1.807, 2.05) is 0 Å². The van der Waals surface area contributed by atoms with Gasteiger partial charge in [0.15, 0.2) is 11.5 Å². The Hall–Kier alpha value is -0.810. The molecule has 0 fully saturated rings. The Morgan fingerprint density at radius 3 is 2.73 bits per heavy atom. The minimum Gasteiger partial charge on any atom is -0.505 e. The van der Waals surface area contributed by atoms with Crippen molar-refractivity contribution >= 4 is 15.9 Å². The zero-order valence-corrected chi connectivity index (χ0v) is 10.1. The van der Waals surface area contributed by atoms with E-state index < -0.39 is 11.6 Å². The van der Waals surface area contributed by atoms with Crippen LogP contribution in [0.3, 0.4) is 0 Å². The number of rotatable bonds is 3. The largest absolute Gasteiger partial charge is 0.505 e. The smallest absolute Gasteiger partial charge is 0.208 e. The molecule has 0 saturated carbocycles. The van der Waals surface area contributed by atoms with Gasteiger partial charge in [-0.1, -0.05) is 0 Å². The van der Waals surface area contributed by atoms with Crippen LogP contribution in [-0.4, -0.2) is 18.3 Å². The summed E-state index contributed by atoms with van der Waals surface area (Å²) < 4.78 is 18.8. The van der Waals surface area contributed by atoms with Gasteiger partial charge in [0.2, 0.25) is 5.82 Å². The van der Waals surface area contributed by atoms with Crippen molar-refractivity contribution in [3.05, 3.63) is 21.9 Å². The van der Waals surface area contributed by atoms with E-state index in [1.165, 1.54) is 7.11 Å². The molecule has 1 atom stereocenters. The average molecular weight is 278 g/mol. The SMILES string of the molecule is COc1c(Br)cc(CC(C)N)c(O)c1F. The van der Waals surface area contributed by atoms with Crippen LogP contribution >= 0.6 is 15.9 Å². The predicted octanol–water partition coefficient (Wildman–Crippen LogP) is 2.19. The van der Waals surface area contributed by atoms with Crippen LogP contribution in [-0.2, 0) is 6.42 Å². The molecule has 1 aromatic rings. The van der Waals surface area contributed by atoms with Crippen molar-refractivity contribution in [3.63, 3.8) is 0 Å². The summed E-state index contributed by atoms with van der Waals surface area (Å²) in [5.74, 6) is -1.16. The molecule has 0 amide bonds. The first-order valence-electron chi connectivity index (χ1n) is 4.46. The lowest BCUT2D eigenvalue weighted by atomic mass is 10.1. The van der Waals surface area contributed by atoms with Crippen LogP contribution in [0.15, 0.2) is 10.5 Å². The van der Waals surface area contributed by atoms with E-state index in [1.54, 1.807) is 13.0 Å². The Kier molecular flexibility index (Phi) is 3.93. The van der Waals surface area contributed by atoms with E-state index in [-0.39, 0.29) is 11.8 Å². The molecule has 0 radical (unpaired) electrons. The van der Waals surface area contributed by atoms with Crippen LogP contribution in [0.4, 0.5) is 4.39 Å². The van der Waals surface area contributed by atoms with Crippen molar-refractivity contribution in [2.75, 3.05) is 7.11 Å². The van der Waals surface area contributed by atoms with Crippen molar-refractivity contribution in [1.82, 2.24) is 0 Å². The third-order valence-corrected chi connectivity index (χ3v) is 2.56. The van der Waals surface area contributed by atoms with Crippen LogP contribution in [0.25, 0.3) is 0 Å². The number of aromatic hydroxyl groups is 1. The van der Waals surface area contributed by atoms with Crippen LogP contribution in [0.2, 0.25) is 0 Å². The van der Waals surface area contributed by atoms with Gasteiger partial charge in [-0.2, -0.15) is 4.39 Å². The van der Waals surface area contributed by atoms with E-state index in [0.717, 1.165) is 0 Å². The molecule has 0 spiro atoms. The number of methoxy groups -OCH3 is 1. The van der Waals surface area contributed by atoms with Gasteiger partial charge in [0.05, 0.1) is 11.6 Å². The predicted molar refractivity (Wildman–Crippen MR) is 59.7 cm³/mol. The average Bonchev–Trinajstić information content (AvgIpc) is 2.14. The number of halogens is 2. The summed E-state index contributed by atoms with van der Waals surface area (Å²) in [7, 11) is 1.34. The number of phenols is 1. The molecule has 0 bridgehead atoms. The standard InChI is InChI=1S/C10H13BrFNO2/c1-5(13)3-6-4-7(11)10(15-2)8(12)9(6)14/h4-5,14H,3,13H2,1-2H3. The number of ether oxygens (including phenoxy) is 1. The summed E-state index contributed by atoms with van der Waals surface area (Å²) in [6.45, 7) is 1.79. The van der Waals surface area contributed by atoms with Crippen LogP contribution in [0.5, 0.6) is 11.5 Å². The Bertz CT molecular complexity index is 369. The fourth-order valence-electron chi connectivity index (χ4n) is 1.33. The number of hydrogen-bond acceptors (Lipinski definition) is 3. The first-order chi connectivity index (χ1) is 6.97. The summed E-state index contributed by atoms with van der Waals surface area (Å²) >= 11 is 3.17. The summed E-state index contributed by atoms with van der Waals surface area (Å²) in [6, 6.07) is 1.47. The fraction of sp³-hybridized carbons (Fsp3) is 0.400. The zero-order valence-electron chi connectivity index (χ0n) is 8.55. The molecule has 0 aliphatic heterocycles. The Morgan fingerprint density at radius 1 is 1.67 bits per heavy atom. The van der Waals surface area contributed by atoms with E-state index in [0.29, 0.717) is 16.5 Å². The molecular weight excluding hydrogens is 265 g/mol. The highest BCUT2D eigenvalue weighted by Gasteiger charge is 2.17. The van der Waals surface area contributed by atoms with E-state index >= 15 is 0 Å². The van der Waals surface area contributed by atoms with Gasteiger partial charge in [0.25, 0.3) is 0 Å². The highest BCUT2D eigenvalue weighted by atomic mass is 79.9. The number of hydrogen-bond donors (Lipinski definition) is 2. The second-order valence-corrected chi connectivity index (χ2v) is 4.25. The van der Waals surface area contributed by atoms with Gasteiger partial charge in [-0.15, -0.1) is 0 Å². The topological polar surface area (TPSA) is 55.5 Å². The molecule has 0 aromatic heterocycles. The molecule has 0 heterocycles. The van der Waals surface area contributed by atoms with Gasteiger partial charge >= 0.3 is 0 Å². The number of nitrogens with two attached hydrogens (primary N) is 1. The Labute approximate surface area is 96.2 Å². The first kappa shape index (κ1) is 12.3. The van der Waals surface area contributed by atoms with Crippen LogP contribution < -0.4 is 10.5 Å². The maximum Gasteiger partial charge on any atom is 0.208 e. The highest BCUT2D eigenvalue weighted by molar-refractivity contribution is 9.10. The molecule has 84 valence electrons. The Balaban J connectivity index is 3.21. The molecule has 0 aliphatic rings. The van der Waals surface area contributed by atoms with Gasteiger partial charge < -0.3 is 15.6 Å². The zero-order chi connectivity index (χ0) is 11.6. The van der Waals surface area contributed by atoms with Crippen molar-refractivity contribution < 1.29 is 14.2 Å². The van der Waals surface area contributed by atoms with E-state index in [4.69, 9.17) is 10.5 Å². The molecule has 0 saturated heterocycles. The van der Waals surface area contributed by atoms with Gasteiger partial charge in [-0.05, 0) is 40.9 Å². The molecule has 3 N–H and O–H groups in total. The van der Waals surface area contributed by atoms with Crippen LogP contribution in [0, 0.1) is 5.82 Å². The summed E-state index contributed by atoms with van der Waals surface area (Å²) in [6.07, 6.45) is 0.408. The first-order valence-corrected chi connectivity index (χ1v) is 5.26. The molecule has 0 aliphatic carbocycles. The van der Waals surface area contributed by atoms with E-state index in [9.17, 15) is 9.50 Å². The van der Waals surface area contributed by atoms with Crippen molar-refractivity contribution in [1.29, 1.82) is 0 Å². The molecule has 3 nitrogen and oxygen atoms in total. The molecule has 15 heavy (non-hydrogen) atoms. The summed E-state index contributed by atoms with van der Waals surface area (Å²) in [4.78, 5) is 0. The van der Waals surface area contributed by atoms with Gasteiger partial charge in [-0.3, -0.25) is 0 Å². The molecular formula is C10H13BrFNO2. The second kappa shape index (κ2) is 4.81. The van der Waals surface area contributed by atoms with Crippen molar-refractivity contribution in [2.45, 2.75) is 19.4 Å². The van der Waals surface area contributed by atoms with Crippen molar-refractivity contribution in [3.8, 4) is 11.5 Å². The summed E-state index contributed by atoms with van der Waals surface area (Å²) in [5.41, 5.74) is 6.05. The maximum absolute atomic E-state index is 13.5. The quantitative estimate of drug-likeness (QED) is 0.891. The van der Waals surface area contributed by atoms with Crippen molar-refractivity contribution in [2.24, 2.45) is 5.73 Å². The molecule has 1 aromatic carbocycles. The van der Waals surface area contributed by atoms with Crippen LogP contribution in [0.1, 0.15) is 12.5 Å². The minimum atomic E-state index is -0.762. The molecule has 1 unspecified atom stereocenters. The van der Waals surface area contributed by atoms with Gasteiger partial charge in [0.1, 0.15) is 0 Å². The molecule has 5 heteroatoms. The Morgan fingerprint density at radius 2 is 2.27 bits per heavy atom. The maximum atomic E-state index is 13.5. The lowest BCUT2D eigenvalue weighted by Gasteiger charge is -2.12. The van der Waals surface area contributed by atoms with Gasteiger partial charge in [-0.25, -0.2) is 0 Å². The molecule has 1 rings (SSSR count). The third kappa shape index (κ3) is 2.60. The second-order valence-electron chi connectivity index (χ2n) is 3.39. The minimum absolute atomic E-state index is 0.000856. The number of phenolic OH excluding ortho intramolecular Hbond substituents is 1. The normalized spacial score (nSPS) is 12.6. The fourth-order valence-corrected chi connectivity index (χ4v) is 1.94. The monoisotopic (exact) mass is 277 g/mol. The lowest BCUT2D eigenvalue weighted by Crippen LogP contribution is -2.18. The third-order valence-electron chi connectivity index (χ3n) is 1.98. The van der Waals surface area contributed by atoms with E-state index in [2.05, 4.69) is 15.9 Å². The lowest BCUT2D eigenvalue weighted by molar-refractivity contribution is 0.359. The van der Waals surface area contributed by atoms with Gasteiger partial charge in [0, 0.05) is 6.04 Å². The highest BCUT2D eigenvalue weighted by Crippen LogP contribution is 2.36. The number of benzene rings is 1.